The summed E-state index contributed by atoms with van der Waals surface area (Å²) in [6.45, 7) is 0.167. The molecule has 0 saturated heterocycles. The zero-order valence-corrected chi connectivity index (χ0v) is 18.5. The van der Waals surface area contributed by atoms with Gasteiger partial charge in [-0.15, -0.1) is 0 Å². The monoisotopic (exact) mass is 469 g/mol. The zero-order chi connectivity index (χ0) is 21.6. The number of benzene rings is 3. The number of hydrogen-bond acceptors (Lipinski definition) is 4. The predicted molar refractivity (Wildman–Crippen MR) is 124 cm³/mol. The second-order valence-electron chi connectivity index (χ2n) is 6.49. The highest BCUT2D eigenvalue weighted by atomic mass is 35.5. The third-order valence-electron chi connectivity index (χ3n) is 4.27. The van der Waals surface area contributed by atoms with Gasteiger partial charge in [-0.1, -0.05) is 59.2 Å². The van der Waals surface area contributed by atoms with Gasteiger partial charge in [0.25, 0.3) is 5.91 Å². The van der Waals surface area contributed by atoms with E-state index in [0.29, 0.717) is 27.2 Å². The summed E-state index contributed by atoms with van der Waals surface area (Å²) in [6, 6.07) is 25.6. The first kappa shape index (κ1) is 21.4. The lowest BCUT2D eigenvalue weighted by atomic mass is 10.3. The Kier molecular flexibility index (Phi) is 6.87. The average Bonchev–Trinajstić information content (AvgIpc) is 3.25. The molecule has 0 aliphatic carbocycles. The fourth-order valence-corrected chi connectivity index (χ4v) is 3.98. The Labute approximate surface area is 194 Å². The predicted octanol–water partition coefficient (Wildman–Crippen LogP) is 7.57. The van der Waals surface area contributed by atoms with Gasteiger partial charge in [0.2, 0.25) is 0 Å². The van der Waals surface area contributed by atoms with Gasteiger partial charge in [-0.25, -0.2) is 0 Å². The van der Waals surface area contributed by atoms with Gasteiger partial charge in [0.15, 0.2) is 5.76 Å². The normalized spacial score (nSPS) is 10.6. The van der Waals surface area contributed by atoms with Crippen LogP contribution in [0.15, 0.2) is 99.1 Å². The molecule has 1 amide bonds. The quantitative estimate of drug-likeness (QED) is 0.303. The Morgan fingerprint density at radius 3 is 2.45 bits per heavy atom. The van der Waals surface area contributed by atoms with E-state index < -0.39 is 0 Å². The van der Waals surface area contributed by atoms with E-state index in [-0.39, 0.29) is 18.3 Å². The van der Waals surface area contributed by atoms with Crippen molar-refractivity contribution in [2.45, 2.75) is 16.4 Å². The first-order chi connectivity index (χ1) is 15.1. The lowest BCUT2D eigenvalue weighted by Crippen LogP contribution is -2.11. The number of para-hydroxylation sites is 2. The Morgan fingerprint density at radius 1 is 0.903 bits per heavy atom. The van der Waals surface area contributed by atoms with Crippen LogP contribution in [0.5, 0.6) is 5.75 Å². The van der Waals surface area contributed by atoms with E-state index in [9.17, 15) is 4.79 Å². The number of hydrogen-bond donors (Lipinski definition) is 1. The number of furan rings is 1. The number of ether oxygens (including phenoxy) is 1. The minimum absolute atomic E-state index is 0.167. The first-order valence-corrected chi connectivity index (χ1v) is 11.0. The van der Waals surface area contributed by atoms with Gasteiger partial charge in [-0.2, -0.15) is 0 Å². The van der Waals surface area contributed by atoms with Crippen LogP contribution in [0.3, 0.4) is 0 Å². The zero-order valence-electron chi connectivity index (χ0n) is 16.2. The highest BCUT2D eigenvalue weighted by Crippen LogP contribution is 2.34. The number of carbonyl (C=O) groups excluding carboxylic acids is 1. The molecule has 0 aliphatic rings. The van der Waals surface area contributed by atoms with E-state index in [1.54, 1.807) is 24.3 Å². The molecule has 1 heterocycles. The number of rotatable bonds is 7. The molecule has 0 atom stereocenters. The van der Waals surface area contributed by atoms with Gasteiger partial charge in [-0.05, 0) is 60.7 Å². The molecule has 3 aromatic carbocycles. The lowest BCUT2D eigenvalue weighted by Gasteiger charge is -2.10. The molecule has 1 aromatic heterocycles. The van der Waals surface area contributed by atoms with Crippen LogP contribution in [0.1, 0.15) is 16.3 Å². The van der Waals surface area contributed by atoms with Crippen LogP contribution in [0.2, 0.25) is 10.0 Å². The largest absolute Gasteiger partial charge is 0.484 e. The van der Waals surface area contributed by atoms with Crippen molar-refractivity contribution in [1.82, 2.24) is 0 Å². The van der Waals surface area contributed by atoms with Crippen LogP contribution < -0.4 is 10.1 Å². The summed E-state index contributed by atoms with van der Waals surface area (Å²) in [5.74, 6) is 0.936. The minimum atomic E-state index is -0.340. The molecular weight excluding hydrogens is 453 g/mol. The second kappa shape index (κ2) is 9.96. The highest BCUT2D eigenvalue weighted by Gasteiger charge is 2.14. The molecular formula is C24H17Cl2NO3S. The molecule has 0 unspecified atom stereocenters. The van der Waals surface area contributed by atoms with Crippen molar-refractivity contribution in [1.29, 1.82) is 0 Å². The van der Waals surface area contributed by atoms with Crippen molar-refractivity contribution in [2.24, 2.45) is 0 Å². The Hall–Kier alpha value is -2.86. The second-order valence-corrected chi connectivity index (χ2v) is 8.45. The molecule has 4 aromatic rings. The standard InChI is InChI=1S/C24H17Cl2NO3S/c25-16-9-12-18(13-10-16)31-23-8-4-2-6-20(23)27-24(28)22-14-11-17(30-22)15-29-21-7-3-1-5-19(21)26/h1-14H,15H2,(H,27,28). The molecule has 7 heteroatoms. The van der Waals surface area contributed by atoms with Gasteiger partial charge < -0.3 is 14.5 Å². The van der Waals surface area contributed by atoms with E-state index in [1.807, 2.05) is 60.7 Å². The van der Waals surface area contributed by atoms with Gasteiger partial charge >= 0.3 is 0 Å². The van der Waals surface area contributed by atoms with Crippen LogP contribution in [0.25, 0.3) is 0 Å². The maximum Gasteiger partial charge on any atom is 0.291 e. The first-order valence-electron chi connectivity index (χ1n) is 9.38. The molecule has 0 radical (unpaired) electrons. The third kappa shape index (κ3) is 5.64. The smallest absolute Gasteiger partial charge is 0.291 e. The topological polar surface area (TPSA) is 51.5 Å². The maximum absolute atomic E-state index is 12.7. The molecule has 0 saturated carbocycles. The van der Waals surface area contributed by atoms with E-state index in [4.69, 9.17) is 32.4 Å². The van der Waals surface area contributed by atoms with Crippen molar-refractivity contribution in [3.63, 3.8) is 0 Å². The molecule has 0 spiro atoms. The highest BCUT2D eigenvalue weighted by molar-refractivity contribution is 7.99. The van der Waals surface area contributed by atoms with E-state index in [2.05, 4.69) is 5.32 Å². The summed E-state index contributed by atoms with van der Waals surface area (Å²) in [4.78, 5) is 14.6. The van der Waals surface area contributed by atoms with Crippen LogP contribution >= 0.6 is 35.0 Å². The van der Waals surface area contributed by atoms with Crippen molar-refractivity contribution < 1.29 is 13.9 Å². The molecule has 1 N–H and O–H groups in total. The summed E-state index contributed by atoms with van der Waals surface area (Å²) in [6.07, 6.45) is 0. The molecule has 0 fully saturated rings. The molecule has 31 heavy (non-hydrogen) atoms. The maximum atomic E-state index is 12.7. The Morgan fingerprint density at radius 2 is 1.65 bits per heavy atom. The van der Waals surface area contributed by atoms with Gasteiger partial charge in [-0.3, -0.25) is 4.79 Å². The SMILES string of the molecule is O=C(Nc1ccccc1Sc1ccc(Cl)cc1)c1ccc(COc2ccccc2Cl)o1. The average molecular weight is 470 g/mol. The fraction of sp³-hybridized carbons (Fsp3) is 0.0417. The van der Waals surface area contributed by atoms with Crippen molar-refractivity contribution in [3.8, 4) is 5.75 Å². The fourth-order valence-electron chi connectivity index (χ4n) is 2.76. The number of anilines is 1. The van der Waals surface area contributed by atoms with Crippen molar-refractivity contribution in [2.75, 3.05) is 5.32 Å². The molecule has 4 rings (SSSR count). The third-order valence-corrected chi connectivity index (χ3v) is 5.92. The number of nitrogens with one attached hydrogen (secondary N) is 1. The summed E-state index contributed by atoms with van der Waals surface area (Å²) < 4.78 is 11.3. The molecule has 0 bridgehead atoms. The summed E-state index contributed by atoms with van der Waals surface area (Å²) in [5, 5.41) is 4.11. The molecule has 156 valence electrons. The Bertz CT molecular complexity index is 1190. The summed E-state index contributed by atoms with van der Waals surface area (Å²) >= 11 is 13.6. The van der Waals surface area contributed by atoms with Crippen LogP contribution in [0.4, 0.5) is 5.69 Å². The van der Waals surface area contributed by atoms with Crippen molar-refractivity contribution >= 4 is 46.6 Å². The lowest BCUT2D eigenvalue weighted by molar-refractivity contribution is 0.0992. The Balaban J connectivity index is 1.42. The van der Waals surface area contributed by atoms with Crippen molar-refractivity contribution in [3.05, 3.63) is 106 Å². The van der Waals surface area contributed by atoms with E-state index >= 15 is 0 Å². The van der Waals surface area contributed by atoms with Crippen LogP contribution in [-0.2, 0) is 6.61 Å². The summed E-state index contributed by atoms with van der Waals surface area (Å²) in [5.41, 5.74) is 0.692. The van der Waals surface area contributed by atoms with E-state index in [1.165, 1.54) is 11.8 Å². The minimum Gasteiger partial charge on any atom is -0.484 e. The van der Waals surface area contributed by atoms with Crippen LogP contribution in [-0.4, -0.2) is 5.91 Å². The van der Waals surface area contributed by atoms with Gasteiger partial charge in [0, 0.05) is 14.8 Å². The molecule has 4 nitrogen and oxygen atoms in total. The van der Waals surface area contributed by atoms with Gasteiger partial charge in [0.1, 0.15) is 18.1 Å². The number of carbonyl (C=O) groups is 1. The van der Waals surface area contributed by atoms with E-state index in [0.717, 1.165) is 9.79 Å². The number of halogens is 2. The number of amides is 1. The molecule has 0 aliphatic heterocycles. The van der Waals surface area contributed by atoms with Crippen LogP contribution in [0, 0.1) is 0 Å². The van der Waals surface area contributed by atoms with Gasteiger partial charge in [0.05, 0.1) is 10.7 Å². The summed E-state index contributed by atoms with van der Waals surface area (Å²) in [7, 11) is 0.